The number of benzene rings is 10. The highest BCUT2D eigenvalue weighted by Gasteiger charge is 2.20. The predicted octanol–water partition coefficient (Wildman–Crippen LogP) is 17.4. The van der Waals surface area contributed by atoms with E-state index in [1.54, 1.807) is 65.9 Å². The van der Waals surface area contributed by atoms with E-state index in [1.807, 2.05) is 91.0 Å². The number of hydrogen-bond donors (Lipinski definition) is 2. The first-order valence-corrected chi connectivity index (χ1v) is 30.4. The standard InChI is InChI=1S/C35H20ClN5S.C22H15BN2O2S.C13H7Cl2N3/c36-35-40-33(24-13-12-21-6-1-2-7-22(21)18-24)39-34(41-35)29-11-5-10-28-27-15-14-23(19-31(27)42-32(28)29)25-8-3-4-9-26(25)30-20-37-16-17-38-30;26-23(27)19-7-3-6-18-17-9-8-14(12-21(17)28-22(18)19)15-4-1-2-5-16(15)20-13-24-10-11-25-20;14-12-16-11(17-13(15)18-12)10-6-5-8-3-1-2-4-9(8)7-10/h1-20H;1-13,26-27H;1-7H. The van der Waals surface area contributed by atoms with Gasteiger partial charge in [-0.2, -0.15) is 24.9 Å². The lowest BCUT2D eigenvalue weighted by Crippen LogP contribution is -2.29. The molecule has 6 heterocycles. The topological polar surface area (TPSA) is 169 Å². The van der Waals surface area contributed by atoms with E-state index in [1.165, 1.54) is 10.1 Å². The molecule has 0 aliphatic carbocycles. The fraction of sp³-hybridized carbons (Fsp3) is 0. The van der Waals surface area contributed by atoms with Gasteiger partial charge in [-0.25, -0.2) is 4.98 Å². The first kappa shape index (κ1) is 56.0. The zero-order valence-corrected chi connectivity index (χ0v) is 49.9. The van der Waals surface area contributed by atoms with Crippen molar-refractivity contribution in [1.82, 2.24) is 49.8 Å². The highest BCUT2D eigenvalue weighted by Crippen LogP contribution is 2.43. The zero-order chi connectivity index (χ0) is 59.7. The number of nitrogens with zero attached hydrogens (tertiary/aromatic N) is 10. The van der Waals surface area contributed by atoms with Crippen LogP contribution in [0.3, 0.4) is 0 Å². The van der Waals surface area contributed by atoms with E-state index in [2.05, 4.69) is 154 Å². The minimum atomic E-state index is -1.48. The Hall–Kier alpha value is -9.81. The average Bonchev–Trinajstić information content (AvgIpc) is 2.33. The molecule has 0 aliphatic heterocycles. The first-order valence-electron chi connectivity index (χ1n) is 27.6. The summed E-state index contributed by atoms with van der Waals surface area (Å²) in [6.45, 7) is 0. The van der Waals surface area contributed by atoms with Crippen molar-refractivity contribution in [3.63, 3.8) is 0 Å². The molecule has 0 amide bonds. The van der Waals surface area contributed by atoms with Crippen LogP contribution < -0.4 is 5.46 Å². The van der Waals surface area contributed by atoms with Crippen LogP contribution in [-0.2, 0) is 0 Å². The van der Waals surface area contributed by atoms with Crippen molar-refractivity contribution in [3.05, 3.63) is 259 Å². The maximum absolute atomic E-state index is 9.69. The van der Waals surface area contributed by atoms with Gasteiger partial charge in [-0.3, -0.25) is 19.9 Å². The molecule has 0 bridgehead atoms. The summed E-state index contributed by atoms with van der Waals surface area (Å²) in [5.74, 6) is 1.59. The van der Waals surface area contributed by atoms with Gasteiger partial charge in [-0.15, -0.1) is 22.7 Å². The summed E-state index contributed by atoms with van der Waals surface area (Å²) in [4.78, 5) is 43.3. The molecule has 420 valence electrons. The maximum Gasteiger partial charge on any atom is 0.489 e. The highest BCUT2D eigenvalue weighted by atomic mass is 35.5. The van der Waals surface area contributed by atoms with E-state index < -0.39 is 7.12 Å². The van der Waals surface area contributed by atoms with E-state index in [0.29, 0.717) is 22.9 Å². The molecule has 88 heavy (non-hydrogen) atoms. The van der Waals surface area contributed by atoms with Crippen LogP contribution in [-0.4, -0.2) is 67.0 Å². The molecule has 0 unspecified atom stereocenters. The van der Waals surface area contributed by atoms with E-state index in [4.69, 9.17) is 39.8 Å². The third kappa shape index (κ3) is 11.4. The molecule has 0 aliphatic rings. The Morgan fingerprint density at radius 1 is 0.330 bits per heavy atom. The molecule has 16 rings (SSSR count). The first-order chi connectivity index (χ1) is 43.1. The van der Waals surface area contributed by atoms with Crippen LogP contribution in [0.15, 0.2) is 243 Å². The monoisotopic (exact) mass is 1230 g/mol. The van der Waals surface area contributed by atoms with E-state index in [9.17, 15) is 10.0 Å². The molecule has 0 saturated heterocycles. The quantitative estimate of drug-likeness (QED) is 0.138. The fourth-order valence-electron chi connectivity index (χ4n) is 10.8. The Balaban J connectivity index is 0.000000127. The summed E-state index contributed by atoms with van der Waals surface area (Å²) in [6, 6.07) is 69.8. The molecule has 0 saturated carbocycles. The number of hydrogen-bond acceptors (Lipinski definition) is 14. The SMILES string of the molecule is Clc1nc(-c2ccc3ccccc3c2)nc(-c2cccc3c2sc2cc(-c4ccccc4-c4cnccn4)ccc23)n1.Clc1nc(Cl)nc(-c2ccc3ccccc3c2)n1.OB(O)c1cccc2c1sc1cc(-c3ccccc3-c3cnccn3)ccc12. The number of rotatable bonds is 8. The van der Waals surface area contributed by atoms with E-state index in [0.717, 1.165) is 113 Å². The van der Waals surface area contributed by atoms with Gasteiger partial charge in [-0.1, -0.05) is 176 Å². The summed E-state index contributed by atoms with van der Waals surface area (Å²) < 4.78 is 4.30. The number of aromatic nitrogens is 10. The maximum atomic E-state index is 9.69. The van der Waals surface area contributed by atoms with Gasteiger partial charge in [0.25, 0.3) is 0 Å². The van der Waals surface area contributed by atoms with Crippen molar-refractivity contribution in [2.24, 2.45) is 0 Å². The van der Waals surface area contributed by atoms with Crippen LogP contribution >= 0.6 is 57.5 Å². The van der Waals surface area contributed by atoms with E-state index >= 15 is 0 Å². The molecule has 0 spiro atoms. The molecule has 16 aromatic rings. The fourth-order valence-corrected chi connectivity index (χ4v) is 13.9. The third-order valence-corrected chi connectivity index (χ3v) is 17.8. The lowest BCUT2D eigenvalue weighted by atomic mass is 9.80. The van der Waals surface area contributed by atoms with Crippen LogP contribution in [0.1, 0.15) is 0 Å². The zero-order valence-electron chi connectivity index (χ0n) is 46.0. The second kappa shape index (κ2) is 24.5. The van der Waals surface area contributed by atoms with Crippen LogP contribution in [0, 0.1) is 0 Å². The van der Waals surface area contributed by atoms with Gasteiger partial charge in [-0.05, 0) is 120 Å². The van der Waals surface area contributed by atoms with Crippen molar-refractivity contribution in [1.29, 1.82) is 0 Å². The Morgan fingerprint density at radius 3 is 1.28 bits per heavy atom. The van der Waals surface area contributed by atoms with Gasteiger partial charge in [0.05, 0.1) is 23.8 Å². The number of thiophene rings is 2. The molecule has 18 heteroatoms. The van der Waals surface area contributed by atoms with Gasteiger partial charge in [0.1, 0.15) is 0 Å². The molecule has 12 nitrogen and oxygen atoms in total. The van der Waals surface area contributed by atoms with Crippen LogP contribution in [0.5, 0.6) is 0 Å². The van der Waals surface area contributed by atoms with Crippen LogP contribution in [0.2, 0.25) is 15.9 Å². The Labute approximate surface area is 526 Å². The van der Waals surface area contributed by atoms with Gasteiger partial charge in [0.2, 0.25) is 15.9 Å². The number of fused-ring (bicyclic) bond motifs is 8. The molecule has 10 aromatic carbocycles. The molecule has 0 radical (unpaired) electrons. The van der Waals surface area contributed by atoms with Gasteiger partial charge in [0, 0.05) is 87.6 Å². The van der Waals surface area contributed by atoms with Crippen molar-refractivity contribution in [2.75, 3.05) is 0 Å². The smallest absolute Gasteiger partial charge is 0.423 e. The Bertz CT molecular complexity index is 5280. The third-order valence-electron chi connectivity index (χ3n) is 14.9. The largest absolute Gasteiger partial charge is 0.489 e. The summed E-state index contributed by atoms with van der Waals surface area (Å²) in [5.41, 5.74) is 11.4. The van der Waals surface area contributed by atoms with Gasteiger partial charge >= 0.3 is 7.12 Å². The van der Waals surface area contributed by atoms with Crippen molar-refractivity contribution in [2.45, 2.75) is 0 Å². The molecule has 0 fully saturated rings. The van der Waals surface area contributed by atoms with Gasteiger partial charge in [0.15, 0.2) is 17.5 Å². The lowest BCUT2D eigenvalue weighted by Gasteiger charge is -2.09. The summed E-state index contributed by atoms with van der Waals surface area (Å²) >= 11 is 21.3. The molecular formula is C70H42BCl3N10O2S2. The summed E-state index contributed by atoms with van der Waals surface area (Å²) in [6.07, 6.45) is 10.4. The minimum absolute atomic E-state index is 0.0955. The Morgan fingerprint density at radius 2 is 0.761 bits per heavy atom. The lowest BCUT2D eigenvalue weighted by molar-refractivity contribution is 0.426. The van der Waals surface area contributed by atoms with Crippen molar-refractivity contribution < 1.29 is 10.0 Å². The minimum Gasteiger partial charge on any atom is -0.423 e. The second-order valence-electron chi connectivity index (χ2n) is 20.3. The molecular weight excluding hydrogens is 1190 g/mol. The van der Waals surface area contributed by atoms with Gasteiger partial charge < -0.3 is 10.0 Å². The molecule has 6 aromatic heterocycles. The van der Waals surface area contributed by atoms with Crippen LogP contribution in [0.4, 0.5) is 0 Å². The number of halogens is 3. The average molecular weight is 1240 g/mol. The van der Waals surface area contributed by atoms with Crippen molar-refractivity contribution in [3.8, 4) is 78.9 Å². The second-order valence-corrected chi connectivity index (χ2v) is 23.4. The highest BCUT2D eigenvalue weighted by molar-refractivity contribution is 7.27. The van der Waals surface area contributed by atoms with E-state index in [-0.39, 0.29) is 15.9 Å². The summed E-state index contributed by atoms with van der Waals surface area (Å²) in [5, 5.41) is 28.8. The normalized spacial score (nSPS) is 11.2. The summed E-state index contributed by atoms with van der Waals surface area (Å²) in [7, 11) is -1.48. The molecule has 2 N–H and O–H groups in total. The predicted molar refractivity (Wildman–Crippen MR) is 361 cm³/mol. The van der Waals surface area contributed by atoms with Crippen LogP contribution in [0.25, 0.3) is 141 Å². The van der Waals surface area contributed by atoms with Crippen molar-refractivity contribution >= 4 is 132 Å². The molecule has 0 atom stereocenters. The Kier molecular flexibility index (Phi) is 15.6.